The maximum absolute atomic E-state index is 14.0. The fraction of sp³-hybridized carbons (Fsp3) is 0.457. The third-order valence-electron chi connectivity index (χ3n) is 9.40. The van der Waals surface area contributed by atoms with Gasteiger partial charge < -0.3 is 36.2 Å². The number of aryl methyl sites for hydroxylation is 1. The van der Waals surface area contributed by atoms with E-state index in [0.29, 0.717) is 18.7 Å². The minimum Gasteiger partial charge on any atom is -0.511 e. The molecule has 0 saturated heterocycles. The molecule has 10 nitrogen and oxygen atoms in total. The number of rotatable bonds is 12. The van der Waals surface area contributed by atoms with E-state index in [4.69, 9.17) is 10.5 Å². The number of carbonyl (C=O) groups excluding carboxylic acids is 3. The van der Waals surface area contributed by atoms with Crippen molar-refractivity contribution in [2.75, 3.05) is 19.8 Å². The summed E-state index contributed by atoms with van der Waals surface area (Å²) in [4.78, 5) is 39.1. The predicted molar refractivity (Wildman–Crippen MR) is 168 cm³/mol. The fourth-order valence-corrected chi connectivity index (χ4v) is 7.04. The van der Waals surface area contributed by atoms with Gasteiger partial charge in [-0.05, 0) is 84.5 Å². The van der Waals surface area contributed by atoms with Gasteiger partial charge in [0.1, 0.15) is 22.8 Å². The second-order valence-electron chi connectivity index (χ2n) is 12.2. The number of primary amides is 1. The Hall–Kier alpha value is -3.99. The molecule has 0 aromatic heterocycles. The number of ketones is 2. The van der Waals surface area contributed by atoms with E-state index in [1.165, 1.54) is 6.07 Å². The van der Waals surface area contributed by atoms with Crippen LogP contribution in [0.3, 0.4) is 0 Å². The lowest BCUT2D eigenvalue weighted by Gasteiger charge is -2.45. The molecule has 45 heavy (non-hydrogen) atoms. The summed E-state index contributed by atoms with van der Waals surface area (Å²) in [7, 11) is 0. The Balaban J connectivity index is 1.47. The maximum atomic E-state index is 14.0. The highest BCUT2D eigenvalue weighted by molar-refractivity contribution is 6.24. The number of carbonyl (C=O) groups is 3. The zero-order valence-corrected chi connectivity index (χ0v) is 25.8. The second-order valence-corrected chi connectivity index (χ2v) is 12.2. The number of hydrogen-bond acceptors (Lipinski definition) is 9. The lowest BCUT2D eigenvalue weighted by atomic mass is 9.60. The van der Waals surface area contributed by atoms with Gasteiger partial charge in [-0.3, -0.25) is 14.4 Å². The Morgan fingerprint density at radius 2 is 1.80 bits per heavy atom. The number of aromatic hydroxyl groups is 1. The monoisotopic (exact) mass is 618 g/mol. The van der Waals surface area contributed by atoms with E-state index in [1.54, 1.807) is 6.07 Å². The number of hydrogen-bond donors (Lipinski definition) is 6. The van der Waals surface area contributed by atoms with Crippen LogP contribution < -0.4 is 11.1 Å². The third kappa shape index (κ3) is 5.78. The van der Waals surface area contributed by atoms with Crippen LogP contribution in [0.15, 0.2) is 53.0 Å². The number of benzene rings is 2. The summed E-state index contributed by atoms with van der Waals surface area (Å²) in [6, 6.07) is 9.49. The zero-order valence-electron chi connectivity index (χ0n) is 25.8. The number of aliphatic hydroxyl groups is 3. The minimum atomic E-state index is -2.58. The normalized spacial score (nSPS) is 22.7. The fourth-order valence-electron chi connectivity index (χ4n) is 7.04. The second kappa shape index (κ2) is 13.2. The van der Waals surface area contributed by atoms with Gasteiger partial charge in [-0.15, -0.1) is 0 Å². The van der Waals surface area contributed by atoms with E-state index in [1.807, 2.05) is 0 Å². The quantitative estimate of drug-likeness (QED) is 0.151. The highest BCUT2D eigenvalue weighted by atomic mass is 16.5. The number of amides is 1. The van der Waals surface area contributed by atoms with Crippen molar-refractivity contribution in [3.05, 3.63) is 75.3 Å². The first kappa shape index (κ1) is 32.4. The van der Waals surface area contributed by atoms with Gasteiger partial charge in [0.2, 0.25) is 5.78 Å². The van der Waals surface area contributed by atoms with Crippen LogP contribution in [-0.4, -0.2) is 63.3 Å². The molecular formula is C35H42N2O8. The standard InChI is InChI=1S/C35H42N2O8/c1-3-5-12-45-13-6-11-37-18-19-7-8-20(4-2)24(14-19)23-9-10-26(38)29-25(23)16-21-15-22-17-27(39)30(34(36)43)33(42)35(22,44)32(41)28(21)31(29)40/h7-10,14,21-22,37-39,41,44H,3-6,11-13,15-18H2,1-2H3,(H2,36,43)/t21-,22+,35+/m1/s1. The highest BCUT2D eigenvalue weighted by Crippen LogP contribution is 2.52. The van der Waals surface area contributed by atoms with Gasteiger partial charge in [0.05, 0.1) is 5.56 Å². The van der Waals surface area contributed by atoms with Gasteiger partial charge >= 0.3 is 0 Å². The van der Waals surface area contributed by atoms with E-state index in [-0.39, 0.29) is 36.1 Å². The van der Waals surface area contributed by atoms with E-state index < -0.39 is 52.0 Å². The molecule has 7 N–H and O–H groups in total. The average Bonchev–Trinajstić information content (AvgIpc) is 3.00. The number of unbranched alkanes of at least 4 members (excludes halogenated alkanes) is 1. The molecule has 0 radical (unpaired) electrons. The molecular weight excluding hydrogens is 576 g/mol. The summed E-state index contributed by atoms with van der Waals surface area (Å²) in [5.41, 5.74) is 6.24. The van der Waals surface area contributed by atoms with E-state index in [9.17, 15) is 34.8 Å². The van der Waals surface area contributed by atoms with Crippen LogP contribution >= 0.6 is 0 Å². The smallest absolute Gasteiger partial charge is 0.255 e. The zero-order chi connectivity index (χ0) is 32.5. The SMILES string of the molecule is CCCCOCCCNCc1ccc(CC)c(-c2ccc(O)c3c2C[C@H]2C[C@H]4CC(O)=C(C(N)=O)C(=O)[C@@]4(O)C(O)=C2C3=O)c1. The van der Waals surface area contributed by atoms with E-state index >= 15 is 0 Å². The Labute approximate surface area is 262 Å². The van der Waals surface area contributed by atoms with Gasteiger partial charge in [-0.25, -0.2) is 0 Å². The van der Waals surface area contributed by atoms with Crippen LogP contribution in [0.1, 0.15) is 73.0 Å². The predicted octanol–water partition coefficient (Wildman–Crippen LogP) is 4.11. The van der Waals surface area contributed by atoms with Gasteiger partial charge in [0.15, 0.2) is 11.4 Å². The molecule has 0 spiro atoms. The lowest BCUT2D eigenvalue weighted by Crippen LogP contribution is -2.57. The van der Waals surface area contributed by atoms with Crippen molar-refractivity contribution in [3.8, 4) is 16.9 Å². The number of phenols is 1. The molecule has 3 aliphatic carbocycles. The van der Waals surface area contributed by atoms with Crippen LogP contribution in [0.4, 0.5) is 0 Å². The first-order valence-corrected chi connectivity index (χ1v) is 15.8. The molecule has 0 heterocycles. The van der Waals surface area contributed by atoms with Crippen LogP contribution in [0, 0.1) is 11.8 Å². The topological polar surface area (TPSA) is 179 Å². The van der Waals surface area contributed by atoms with Gasteiger partial charge in [-0.1, -0.05) is 38.5 Å². The highest BCUT2D eigenvalue weighted by Gasteiger charge is 2.59. The Kier molecular flexibility index (Phi) is 9.48. The molecule has 10 heteroatoms. The average molecular weight is 619 g/mol. The molecule has 0 unspecified atom stereocenters. The summed E-state index contributed by atoms with van der Waals surface area (Å²) in [5.74, 6) is -6.38. The molecule has 0 aliphatic heterocycles. The maximum Gasteiger partial charge on any atom is 0.255 e. The van der Waals surface area contributed by atoms with Crippen LogP contribution in [-0.2, 0) is 33.7 Å². The lowest BCUT2D eigenvalue weighted by molar-refractivity contribution is -0.144. The van der Waals surface area contributed by atoms with E-state index in [2.05, 4.69) is 37.4 Å². The first-order chi connectivity index (χ1) is 21.5. The number of aliphatic hydroxyl groups excluding tert-OH is 2. The van der Waals surface area contributed by atoms with Crippen molar-refractivity contribution in [2.45, 2.75) is 70.9 Å². The number of fused-ring (bicyclic) bond motifs is 3. The molecule has 0 fully saturated rings. The van der Waals surface area contributed by atoms with Gasteiger partial charge in [-0.2, -0.15) is 0 Å². The number of allylic oxidation sites excluding steroid dienone is 2. The van der Waals surface area contributed by atoms with Crippen molar-refractivity contribution in [2.24, 2.45) is 17.6 Å². The Bertz CT molecular complexity index is 1590. The van der Waals surface area contributed by atoms with Crippen LogP contribution in [0.5, 0.6) is 5.75 Å². The van der Waals surface area contributed by atoms with Gasteiger partial charge in [0.25, 0.3) is 5.91 Å². The van der Waals surface area contributed by atoms with Crippen molar-refractivity contribution in [1.82, 2.24) is 5.32 Å². The summed E-state index contributed by atoms with van der Waals surface area (Å²) < 4.78 is 5.64. The molecule has 1 amide bonds. The van der Waals surface area contributed by atoms with Crippen molar-refractivity contribution in [1.29, 1.82) is 0 Å². The van der Waals surface area contributed by atoms with Crippen molar-refractivity contribution >= 4 is 17.5 Å². The van der Waals surface area contributed by atoms with Crippen molar-refractivity contribution in [3.63, 3.8) is 0 Å². The Morgan fingerprint density at radius 1 is 1.04 bits per heavy atom. The molecule has 240 valence electrons. The van der Waals surface area contributed by atoms with Crippen LogP contribution in [0.25, 0.3) is 11.1 Å². The summed E-state index contributed by atoms with van der Waals surface area (Å²) in [5, 5.41) is 47.6. The molecule has 0 saturated carbocycles. The molecule has 2 aromatic carbocycles. The number of phenolic OH excluding ortho intramolecular Hbond substituents is 1. The van der Waals surface area contributed by atoms with Crippen LogP contribution in [0.2, 0.25) is 0 Å². The molecule has 3 aliphatic rings. The largest absolute Gasteiger partial charge is 0.511 e. The third-order valence-corrected chi connectivity index (χ3v) is 9.40. The first-order valence-electron chi connectivity index (χ1n) is 15.8. The summed E-state index contributed by atoms with van der Waals surface area (Å²) >= 11 is 0. The molecule has 3 atom stereocenters. The van der Waals surface area contributed by atoms with Crippen molar-refractivity contribution < 1.29 is 39.5 Å². The number of nitrogens with one attached hydrogen (secondary N) is 1. The number of nitrogens with two attached hydrogens (primary N) is 1. The summed E-state index contributed by atoms with van der Waals surface area (Å²) in [6.45, 7) is 7.13. The molecule has 5 rings (SSSR count). The molecule has 2 aromatic rings. The Morgan fingerprint density at radius 3 is 2.51 bits per heavy atom. The number of Topliss-reactive ketones (excluding diaryl/α,β-unsaturated/α-hetero) is 2. The molecule has 0 bridgehead atoms. The minimum absolute atomic E-state index is 0.0118. The van der Waals surface area contributed by atoms with E-state index in [0.717, 1.165) is 61.1 Å². The van der Waals surface area contributed by atoms with Gasteiger partial charge in [0, 0.05) is 37.7 Å². The number of ether oxygens (including phenoxy) is 1. The summed E-state index contributed by atoms with van der Waals surface area (Å²) in [6.07, 6.45) is 3.89.